The molecule has 0 N–H and O–H groups in total. The van der Waals surface area contributed by atoms with Gasteiger partial charge < -0.3 is 0 Å². The molecule has 0 unspecified atom stereocenters. The lowest BCUT2D eigenvalue weighted by Crippen LogP contribution is -1.92. The van der Waals surface area contributed by atoms with Crippen LogP contribution in [0.2, 0.25) is 0 Å². The molecule has 1 aromatic heterocycles. The molecule has 0 saturated carbocycles. The smallest absolute Gasteiger partial charge is 0.0715 e. The Morgan fingerprint density at radius 3 is 1.31 bits per heavy atom. The highest BCUT2D eigenvalue weighted by molar-refractivity contribution is 5.78. The summed E-state index contributed by atoms with van der Waals surface area (Å²) in [7, 11) is 0. The first-order valence-electron chi connectivity index (χ1n) is 11.0. The summed E-state index contributed by atoms with van der Waals surface area (Å²) < 4.78 is 0. The van der Waals surface area contributed by atoms with Crippen molar-refractivity contribution in [3.8, 4) is 44.8 Å². The highest BCUT2D eigenvalue weighted by Gasteiger charge is 2.10. The van der Waals surface area contributed by atoms with Crippen LogP contribution in [0.25, 0.3) is 44.8 Å². The van der Waals surface area contributed by atoms with Crippen LogP contribution in [0.3, 0.4) is 0 Å². The second-order valence-corrected chi connectivity index (χ2v) is 8.31. The third-order valence-corrected chi connectivity index (χ3v) is 5.78. The van der Waals surface area contributed by atoms with E-state index in [2.05, 4.69) is 129 Å². The van der Waals surface area contributed by atoms with Crippen LogP contribution in [-0.2, 0) is 0 Å². The molecule has 1 heteroatoms. The SMILES string of the molecule is Cc1cccc(-c2cc(-c3ccc(-c4ccccc4)cc3)cc(-c3cccc(C)c3)n2)c1. The summed E-state index contributed by atoms with van der Waals surface area (Å²) in [6.07, 6.45) is 0. The van der Waals surface area contributed by atoms with E-state index in [9.17, 15) is 0 Å². The Labute approximate surface area is 190 Å². The topological polar surface area (TPSA) is 12.9 Å². The van der Waals surface area contributed by atoms with E-state index in [1.54, 1.807) is 0 Å². The molecular weight excluding hydrogens is 386 g/mol. The Morgan fingerprint density at radius 1 is 0.375 bits per heavy atom. The van der Waals surface area contributed by atoms with Crippen molar-refractivity contribution in [3.63, 3.8) is 0 Å². The van der Waals surface area contributed by atoms with Gasteiger partial charge >= 0.3 is 0 Å². The minimum absolute atomic E-state index is 0.995. The van der Waals surface area contributed by atoms with Gasteiger partial charge in [0.05, 0.1) is 11.4 Å². The van der Waals surface area contributed by atoms with Crippen molar-refractivity contribution in [2.24, 2.45) is 0 Å². The number of hydrogen-bond acceptors (Lipinski definition) is 1. The minimum atomic E-state index is 0.995. The Morgan fingerprint density at radius 2 is 0.812 bits per heavy atom. The summed E-state index contributed by atoms with van der Waals surface area (Å²) in [6.45, 7) is 4.24. The lowest BCUT2D eigenvalue weighted by molar-refractivity contribution is 1.31. The van der Waals surface area contributed by atoms with E-state index in [-0.39, 0.29) is 0 Å². The maximum Gasteiger partial charge on any atom is 0.0715 e. The van der Waals surface area contributed by atoms with Crippen LogP contribution < -0.4 is 0 Å². The molecule has 0 amide bonds. The molecule has 5 rings (SSSR count). The van der Waals surface area contributed by atoms with Crippen molar-refractivity contribution >= 4 is 0 Å². The van der Waals surface area contributed by atoms with E-state index in [0.717, 1.165) is 22.5 Å². The van der Waals surface area contributed by atoms with E-state index in [1.165, 1.54) is 33.4 Å². The van der Waals surface area contributed by atoms with Gasteiger partial charge in [-0.15, -0.1) is 0 Å². The van der Waals surface area contributed by atoms with Crippen LogP contribution in [0.4, 0.5) is 0 Å². The molecule has 1 nitrogen and oxygen atoms in total. The lowest BCUT2D eigenvalue weighted by Gasteiger charge is -2.12. The van der Waals surface area contributed by atoms with Crippen molar-refractivity contribution in [2.45, 2.75) is 13.8 Å². The minimum Gasteiger partial charge on any atom is -0.248 e. The Kier molecular flexibility index (Phi) is 5.39. The summed E-state index contributed by atoms with van der Waals surface area (Å²) in [5.74, 6) is 0. The second kappa shape index (κ2) is 8.64. The summed E-state index contributed by atoms with van der Waals surface area (Å²) in [5.41, 5.74) is 11.6. The highest BCUT2D eigenvalue weighted by atomic mass is 14.7. The second-order valence-electron chi connectivity index (χ2n) is 8.31. The number of rotatable bonds is 4. The lowest BCUT2D eigenvalue weighted by atomic mass is 9.97. The molecule has 0 atom stereocenters. The molecule has 0 spiro atoms. The average Bonchev–Trinajstić information content (AvgIpc) is 2.84. The molecule has 4 aromatic carbocycles. The molecule has 154 valence electrons. The first kappa shape index (κ1) is 20.0. The van der Waals surface area contributed by atoms with Gasteiger partial charge in [-0.05, 0) is 60.4 Å². The molecule has 32 heavy (non-hydrogen) atoms. The van der Waals surface area contributed by atoms with Crippen LogP contribution in [0.1, 0.15) is 11.1 Å². The number of aromatic nitrogens is 1. The zero-order valence-corrected chi connectivity index (χ0v) is 18.4. The van der Waals surface area contributed by atoms with E-state index in [1.807, 2.05) is 0 Å². The normalized spacial score (nSPS) is 10.8. The Bertz CT molecular complexity index is 1300. The first-order valence-corrected chi connectivity index (χ1v) is 11.0. The number of aryl methyl sites for hydroxylation is 2. The summed E-state index contributed by atoms with van der Waals surface area (Å²) in [4.78, 5) is 5.05. The average molecular weight is 412 g/mol. The van der Waals surface area contributed by atoms with Crippen molar-refractivity contribution in [1.82, 2.24) is 4.98 Å². The summed E-state index contributed by atoms with van der Waals surface area (Å²) in [6, 6.07) is 40.8. The van der Waals surface area contributed by atoms with Gasteiger partial charge in [0.15, 0.2) is 0 Å². The number of nitrogens with zero attached hydrogens (tertiary/aromatic N) is 1. The molecule has 1 heterocycles. The fraction of sp³-hybridized carbons (Fsp3) is 0.0645. The van der Waals surface area contributed by atoms with E-state index < -0.39 is 0 Å². The molecule has 0 bridgehead atoms. The Balaban J connectivity index is 1.62. The van der Waals surface area contributed by atoms with Gasteiger partial charge in [-0.1, -0.05) is 102 Å². The molecule has 0 fully saturated rings. The predicted molar refractivity (Wildman–Crippen MR) is 135 cm³/mol. The first-order chi connectivity index (χ1) is 15.7. The standard InChI is InChI=1S/C31H25N/c1-22-8-6-12-27(18-22)30-20-29(21-31(32-30)28-13-7-9-23(2)19-28)26-16-14-25(15-17-26)24-10-4-3-5-11-24/h3-21H,1-2H3. The predicted octanol–water partition coefficient (Wildman–Crippen LogP) is 8.37. The number of pyridine rings is 1. The van der Waals surface area contributed by atoms with Crippen molar-refractivity contribution < 1.29 is 0 Å². The molecule has 0 aliphatic carbocycles. The van der Waals surface area contributed by atoms with Crippen molar-refractivity contribution in [1.29, 1.82) is 0 Å². The largest absolute Gasteiger partial charge is 0.248 e. The third-order valence-electron chi connectivity index (χ3n) is 5.78. The van der Waals surface area contributed by atoms with Crippen molar-refractivity contribution in [2.75, 3.05) is 0 Å². The van der Waals surface area contributed by atoms with Gasteiger partial charge in [-0.2, -0.15) is 0 Å². The van der Waals surface area contributed by atoms with Gasteiger partial charge in [0, 0.05) is 11.1 Å². The summed E-state index contributed by atoms with van der Waals surface area (Å²) in [5, 5.41) is 0. The zero-order chi connectivity index (χ0) is 21.9. The molecule has 0 radical (unpaired) electrons. The van der Waals surface area contributed by atoms with E-state index in [4.69, 9.17) is 4.98 Å². The molecule has 0 saturated heterocycles. The molecule has 0 aliphatic rings. The van der Waals surface area contributed by atoms with Crippen LogP contribution in [-0.4, -0.2) is 4.98 Å². The van der Waals surface area contributed by atoms with E-state index >= 15 is 0 Å². The van der Waals surface area contributed by atoms with E-state index in [0.29, 0.717) is 0 Å². The van der Waals surface area contributed by atoms with Gasteiger partial charge in [0.1, 0.15) is 0 Å². The molecule has 5 aromatic rings. The van der Waals surface area contributed by atoms with Crippen molar-refractivity contribution in [3.05, 3.63) is 126 Å². The third kappa shape index (κ3) is 4.24. The molecule has 0 aliphatic heterocycles. The number of benzene rings is 4. The fourth-order valence-electron chi connectivity index (χ4n) is 4.09. The zero-order valence-electron chi connectivity index (χ0n) is 18.4. The Hall–Kier alpha value is -3.97. The van der Waals surface area contributed by atoms with Crippen LogP contribution in [0.15, 0.2) is 115 Å². The molecular formula is C31H25N. The fourth-order valence-corrected chi connectivity index (χ4v) is 4.09. The van der Waals surface area contributed by atoms with Gasteiger partial charge in [0.2, 0.25) is 0 Å². The summed E-state index contributed by atoms with van der Waals surface area (Å²) >= 11 is 0. The maximum absolute atomic E-state index is 5.05. The maximum atomic E-state index is 5.05. The van der Waals surface area contributed by atoms with Crippen LogP contribution in [0.5, 0.6) is 0 Å². The van der Waals surface area contributed by atoms with Crippen LogP contribution >= 0.6 is 0 Å². The van der Waals surface area contributed by atoms with Gasteiger partial charge in [-0.25, -0.2) is 4.98 Å². The van der Waals surface area contributed by atoms with Gasteiger partial charge in [-0.3, -0.25) is 0 Å². The highest BCUT2D eigenvalue weighted by Crippen LogP contribution is 2.32. The van der Waals surface area contributed by atoms with Crippen LogP contribution in [0, 0.1) is 13.8 Å². The quantitative estimate of drug-likeness (QED) is 0.289. The monoisotopic (exact) mass is 411 g/mol. The number of hydrogen-bond donors (Lipinski definition) is 0. The van der Waals surface area contributed by atoms with Gasteiger partial charge in [0.25, 0.3) is 0 Å².